The molecule has 0 aliphatic heterocycles. The number of hydrogen-bond acceptors (Lipinski definition) is 3. The first-order valence-corrected chi connectivity index (χ1v) is 9.59. The van der Waals surface area contributed by atoms with Crippen LogP contribution in [0.3, 0.4) is 0 Å². The Balaban J connectivity index is 1.92. The first-order chi connectivity index (χ1) is 11.8. The van der Waals surface area contributed by atoms with Crippen LogP contribution < -0.4 is 16.2 Å². The van der Waals surface area contributed by atoms with Gasteiger partial charge in [0.2, 0.25) is 10.0 Å². The second-order valence-corrected chi connectivity index (χ2v) is 7.67. The molecule has 0 amide bonds. The lowest BCUT2D eigenvalue weighted by Crippen LogP contribution is -2.23. The lowest BCUT2D eigenvalue weighted by Gasteiger charge is -2.10. The van der Waals surface area contributed by atoms with Crippen LogP contribution in [0, 0.1) is 0 Å². The molecule has 0 atom stereocenters. The average molecular weight is 360 g/mol. The highest BCUT2D eigenvalue weighted by molar-refractivity contribution is 7.89. The molecule has 0 fully saturated rings. The number of nitrogens with zero attached hydrogens (tertiary/aromatic N) is 1. The predicted molar refractivity (Wildman–Crippen MR) is 102 cm³/mol. The number of guanidine groups is 1. The Morgan fingerprint density at radius 1 is 1.16 bits per heavy atom. The molecule has 0 radical (unpaired) electrons. The predicted octanol–water partition coefficient (Wildman–Crippen LogP) is 2.43. The largest absolute Gasteiger partial charge is 0.370 e. The second-order valence-electron chi connectivity index (χ2n) is 6.11. The molecule has 0 saturated heterocycles. The fourth-order valence-electron chi connectivity index (χ4n) is 2.31. The van der Waals surface area contributed by atoms with Crippen molar-refractivity contribution in [2.75, 3.05) is 11.9 Å². The van der Waals surface area contributed by atoms with Gasteiger partial charge in [0.25, 0.3) is 0 Å². The Labute approximate surface area is 149 Å². The summed E-state index contributed by atoms with van der Waals surface area (Å²) in [7, 11) is -3.66. The highest BCUT2D eigenvalue weighted by Gasteiger charge is 2.06. The van der Waals surface area contributed by atoms with Gasteiger partial charge in [-0.15, -0.1) is 0 Å². The maximum absolute atomic E-state index is 11.2. The number of primary sulfonamides is 1. The van der Waals surface area contributed by atoms with Gasteiger partial charge < -0.3 is 11.1 Å². The van der Waals surface area contributed by atoms with E-state index in [9.17, 15) is 8.42 Å². The molecule has 0 unspecified atom stereocenters. The zero-order valence-corrected chi connectivity index (χ0v) is 15.3. The summed E-state index contributed by atoms with van der Waals surface area (Å²) in [6, 6.07) is 14.5. The van der Waals surface area contributed by atoms with E-state index in [0.717, 1.165) is 11.3 Å². The summed E-state index contributed by atoms with van der Waals surface area (Å²) in [4.78, 5) is 4.40. The number of nitrogens with two attached hydrogens (primary N) is 2. The van der Waals surface area contributed by atoms with Crippen molar-refractivity contribution in [3.05, 3.63) is 59.7 Å². The van der Waals surface area contributed by atoms with E-state index < -0.39 is 10.0 Å². The first-order valence-electron chi connectivity index (χ1n) is 8.04. The first kappa shape index (κ1) is 19.0. The van der Waals surface area contributed by atoms with E-state index in [4.69, 9.17) is 10.9 Å². The molecule has 0 aliphatic rings. The Morgan fingerprint density at radius 2 is 1.84 bits per heavy atom. The van der Waals surface area contributed by atoms with Gasteiger partial charge in [-0.1, -0.05) is 38.1 Å². The molecule has 7 heteroatoms. The van der Waals surface area contributed by atoms with Crippen molar-refractivity contribution in [3.8, 4) is 0 Å². The minimum Gasteiger partial charge on any atom is -0.370 e. The molecule has 2 aromatic rings. The van der Waals surface area contributed by atoms with Gasteiger partial charge in [-0.05, 0) is 47.7 Å². The van der Waals surface area contributed by atoms with E-state index in [1.165, 1.54) is 17.7 Å². The summed E-state index contributed by atoms with van der Waals surface area (Å²) in [6.45, 7) is 4.77. The Hall–Kier alpha value is -2.38. The van der Waals surface area contributed by atoms with Crippen LogP contribution in [-0.2, 0) is 16.4 Å². The molecule has 0 spiro atoms. The molecule has 25 heavy (non-hydrogen) atoms. The smallest absolute Gasteiger partial charge is 0.238 e. The molecule has 5 N–H and O–H groups in total. The molecule has 0 aromatic heterocycles. The average Bonchev–Trinajstić information content (AvgIpc) is 2.54. The number of rotatable bonds is 6. The maximum atomic E-state index is 11.2. The summed E-state index contributed by atoms with van der Waals surface area (Å²) in [5, 5.41) is 8.16. The van der Waals surface area contributed by atoms with E-state index in [-0.39, 0.29) is 4.90 Å². The van der Waals surface area contributed by atoms with Gasteiger partial charge in [-0.3, -0.25) is 4.99 Å². The van der Waals surface area contributed by atoms with Crippen LogP contribution in [0.25, 0.3) is 0 Å². The van der Waals surface area contributed by atoms with Crippen molar-refractivity contribution in [3.63, 3.8) is 0 Å². The quantitative estimate of drug-likeness (QED) is 0.542. The van der Waals surface area contributed by atoms with Crippen LogP contribution in [0.1, 0.15) is 30.9 Å². The molecular weight excluding hydrogens is 336 g/mol. The van der Waals surface area contributed by atoms with Gasteiger partial charge >= 0.3 is 0 Å². The molecule has 0 bridgehead atoms. The monoisotopic (exact) mass is 360 g/mol. The highest BCUT2D eigenvalue weighted by atomic mass is 32.2. The van der Waals surface area contributed by atoms with E-state index >= 15 is 0 Å². The molecule has 0 aliphatic carbocycles. The summed E-state index contributed by atoms with van der Waals surface area (Å²) >= 11 is 0. The van der Waals surface area contributed by atoms with E-state index in [2.05, 4.69) is 36.3 Å². The second kappa shape index (κ2) is 8.13. The summed E-state index contributed by atoms with van der Waals surface area (Å²) in [5.41, 5.74) is 9.02. The number of sulfonamides is 1. The molecule has 0 heterocycles. The van der Waals surface area contributed by atoms with E-state index in [0.29, 0.717) is 24.8 Å². The lowest BCUT2D eigenvalue weighted by molar-refractivity contribution is 0.598. The molecule has 6 nitrogen and oxygen atoms in total. The molecule has 2 rings (SSSR count). The summed E-state index contributed by atoms with van der Waals surface area (Å²) < 4.78 is 22.4. The molecule has 2 aromatic carbocycles. The zero-order valence-electron chi connectivity index (χ0n) is 14.4. The van der Waals surface area contributed by atoms with Gasteiger partial charge in [0.05, 0.1) is 4.90 Å². The van der Waals surface area contributed by atoms with Crippen molar-refractivity contribution < 1.29 is 8.42 Å². The fraction of sp³-hybridized carbons (Fsp3) is 0.278. The number of nitrogens with one attached hydrogen (secondary N) is 1. The van der Waals surface area contributed by atoms with E-state index in [1.807, 2.05) is 12.1 Å². The number of anilines is 1. The van der Waals surface area contributed by atoms with Crippen LogP contribution in [0.15, 0.2) is 58.4 Å². The van der Waals surface area contributed by atoms with Crippen LogP contribution in [0.5, 0.6) is 0 Å². The van der Waals surface area contributed by atoms with Gasteiger partial charge in [0.1, 0.15) is 0 Å². The Kier molecular flexibility index (Phi) is 6.17. The third-order valence-corrected chi connectivity index (χ3v) is 4.69. The minimum absolute atomic E-state index is 0.103. The maximum Gasteiger partial charge on any atom is 0.238 e. The van der Waals surface area contributed by atoms with Crippen molar-refractivity contribution >= 4 is 21.7 Å². The normalized spacial score (nSPS) is 12.4. The van der Waals surface area contributed by atoms with Crippen molar-refractivity contribution in [1.82, 2.24) is 0 Å². The number of aliphatic imine (C=N–C) groups is 1. The zero-order chi connectivity index (χ0) is 18.4. The van der Waals surface area contributed by atoms with Crippen LogP contribution in [0.2, 0.25) is 0 Å². The topological polar surface area (TPSA) is 111 Å². The fourth-order valence-corrected chi connectivity index (χ4v) is 2.83. The van der Waals surface area contributed by atoms with E-state index in [1.54, 1.807) is 12.1 Å². The third-order valence-electron chi connectivity index (χ3n) is 3.76. The van der Waals surface area contributed by atoms with Gasteiger partial charge in [-0.25, -0.2) is 13.6 Å². The third kappa shape index (κ3) is 5.88. The van der Waals surface area contributed by atoms with Crippen LogP contribution in [0.4, 0.5) is 5.69 Å². The molecule has 134 valence electrons. The van der Waals surface area contributed by atoms with Crippen molar-refractivity contribution in [2.24, 2.45) is 15.9 Å². The van der Waals surface area contributed by atoms with Gasteiger partial charge in [0, 0.05) is 12.2 Å². The Morgan fingerprint density at radius 3 is 2.44 bits per heavy atom. The summed E-state index contributed by atoms with van der Waals surface area (Å²) in [6.07, 6.45) is 0.652. The molecule has 0 saturated carbocycles. The standard InChI is InChI=1S/C18H24N4O2S/c1-13(2)15-4-3-5-16(12-15)22-18(19)21-11-10-14-6-8-17(9-7-14)25(20,23)24/h3-9,12-13H,10-11H2,1-2H3,(H3,19,21,22)(H2,20,23,24). The summed E-state index contributed by atoms with van der Waals surface area (Å²) in [5.74, 6) is 0.794. The van der Waals surface area contributed by atoms with Crippen molar-refractivity contribution in [2.45, 2.75) is 31.1 Å². The number of hydrogen-bond donors (Lipinski definition) is 3. The Bertz CT molecular complexity index is 844. The number of benzene rings is 2. The SMILES string of the molecule is CC(C)c1cccc(NC(N)=NCCc2ccc(S(N)(=O)=O)cc2)c1. The highest BCUT2D eigenvalue weighted by Crippen LogP contribution is 2.18. The minimum atomic E-state index is -3.66. The van der Waals surface area contributed by atoms with Crippen LogP contribution >= 0.6 is 0 Å². The van der Waals surface area contributed by atoms with Gasteiger partial charge in [0.15, 0.2) is 5.96 Å². The van der Waals surface area contributed by atoms with Crippen LogP contribution in [-0.4, -0.2) is 20.9 Å². The van der Waals surface area contributed by atoms with Gasteiger partial charge in [-0.2, -0.15) is 0 Å². The van der Waals surface area contributed by atoms with Crippen molar-refractivity contribution in [1.29, 1.82) is 0 Å². The molecular formula is C18H24N4O2S. The lowest BCUT2D eigenvalue weighted by atomic mass is 10.0.